The van der Waals surface area contributed by atoms with Gasteiger partial charge in [-0.15, -0.1) is 0 Å². The lowest BCUT2D eigenvalue weighted by Crippen LogP contribution is -2.42. The van der Waals surface area contributed by atoms with Crippen LogP contribution in [0.5, 0.6) is 5.75 Å². The van der Waals surface area contributed by atoms with Gasteiger partial charge >= 0.3 is 0 Å². The molecule has 2 aliphatic carbocycles. The molecule has 0 saturated heterocycles. The van der Waals surface area contributed by atoms with E-state index in [1.54, 1.807) is 0 Å². The zero-order valence-electron chi connectivity index (χ0n) is 10.2. The molecule has 0 heterocycles. The van der Waals surface area contributed by atoms with Gasteiger partial charge in [0, 0.05) is 6.04 Å². The first kappa shape index (κ1) is 11.1. The highest BCUT2D eigenvalue weighted by atomic mass is 16.3. The zero-order chi connectivity index (χ0) is 11.8. The first-order valence-electron chi connectivity index (χ1n) is 6.83. The summed E-state index contributed by atoms with van der Waals surface area (Å²) in [6.07, 6.45) is 7.52. The molecule has 1 aromatic rings. The number of phenols is 1. The molecular weight excluding hydrogens is 210 g/mol. The molecule has 1 aromatic carbocycles. The number of phenolic OH excluding ortho intramolecular Hbond substituents is 1. The summed E-state index contributed by atoms with van der Waals surface area (Å²) in [5.74, 6) is 1.50. The van der Waals surface area contributed by atoms with Crippen LogP contribution < -0.4 is 5.73 Å². The van der Waals surface area contributed by atoms with Crippen LogP contribution >= 0.6 is 0 Å². The summed E-state index contributed by atoms with van der Waals surface area (Å²) >= 11 is 0. The van der Waals surface area contributed by atoms with Crippen molar-refractivity contribution in [3.8, 4) is 5.75 Å². The summed E-state index contributed by atoms with van der Waals surface area (Å²) < 4.78 is 0. The normalized spacial score (nSPS) is 32.4. The Labute approximate surface area is 103 Å². The molecular formula is C15H21NO. The van der Waals surface area contributed by atoms with Gasteiger partial charge in [0.2, 0.25) is 0 Å². The third kappa shape index (κ3) is 1.95. The molecule has 2 nitrogen and oxygen atoms in total. The minimum Gasteiger partial charge on any atom is -0.508 e. The van der Waals surface area contributed by atoms with E-state index in [1.165, 1.54) is 43.2 Å². The Kier molecular flexibility index (Phi) is 2.83. The molecule has 1 unspecified atom stereocenters. The van der Waals surface area contributed by atoms with Crippen molar-refractivity contribution in [2.75, 3.05) is 0 Å². The molecule has 92 valence electrons. The quantitative estimate of drug-likeness (QED) is 0.721. The molecule has 0 amide bonds. The Morgan fingerprint density at radius 3 is 2.82 bits per heavy atom. The van der Waals surface area contributed by atoms with E-state index in [0.29, 0.717) is 23.6 Å². The lowest BCUT2D eigenvalue weighted by molar-refractivity contribution is 0.277. The van der Waals surface area contributed by atoms with Gasteiger partial charge in [-0.25, -0.2) is 0 Å². The third-order valence-electron chi connectivity index (χ3n) is 4.61. The molecule has 3 N–H and O–H groups in total. The average Bonchev–Trinajstić information content (AvgIpc) is 2.32. The highest BCUT2D eigenvalue weighted by molar-refractivity contribution is 5.40. The summed E-state index contributed by atoms with van der Waals surface area (Å²) in [5, 5.41) is 9.66. The van der Waals surface area contributed by atoms with E-state index in [4.69, 9.17) is 5.73 Å². The fourth-order valence-corrected chi connectivity index (χ4v) is 3.66. The standard InChI is InChI=1S/C15H21NO/c16-15-11-4-2-1-3-5-13(15)14-9-12(17)7-6-10(14)8-11/h6-7,9,11,13,15,17H,1-5,8,16H2/t11-,13+,15?/m0/s1. The first-order valence-corrected chi connectivity index (χ1v) is 6.83. The Balaban J connectivity index is 2.02. The number of aromatic hydroxyl groups is 1. The Bertz CT molecular complexity index is 415. The van der Waals surface area contributed by atoms with E-state index in [1.807, 2.05) is 12.1 Å². The van der Waals surface area contributed by atoms with Crippen LogP contribution in [0.25, 0.3) is 0 Å². The second-order valence-corrected chi connectivity index (χ2v) is 5.67. The van der Waals surface area contributed by atoms with Crippen molar-refractivity contribution in [2.45, 2.75) is 50.5 Å². The third-order valence-corrected chi connectivity index (χ3v) is 4.61. The molecule has 0 aromatic heterocycles. The average molecular weight is 231 g/mol. The molecule has 17 heavy (non-hydrogen) atoms. The lowest BCUT2D eigenvalue weighted by Gasteiger charge is -2.39. The Hall–Kier alpha value is -1.02. The van der Waals surface area contributed by atoms with E-state index >= 15 is 0 Å². The van der Waals surface area contributed by atoms with Crippen molar-refractivity contribution >= 4 is 0 Å². The van der Waals surface area contributed by atoms with Crippen LogP contribution in [0, 0.1) is 5.92 Å². The van der Waals surface area contributed by atoms with E-state index in [2.05, 4.69) is 6.07 Å². The summed E-state index contributed by atoms with van der Waals surface area (Å²) in [7, 11) is 0. The van der Waals surface area contributed by atoms with Gasteiger partial charge in [-0.3, -0.25) is 0 Å². The number of rotatable bonds is 0. The summed E-state index contributed by atoms with van der Waals surface area (Å²) in [4.78, 5) is 0. The highest BCUT2D eigenvalue weighted by Gasteiger charge is 2.34. The molecule has 2 heteroatoms. The van der Waals surface area contributed by atoms with Gasteiger partial charge in [-0.1, -0.05) is 25.3 Å². The van der Waals surface area contributed by atoms with E-state index in [9.17, 15) is 5.11 Å². The number of hydrogen-bond donors (Lipinski definition) is 2. The number of fused-ring (bicyclic) bond motifs is 4. The topological polar surface area (TPSA) is 46.2 Å². The number of hydrogen-bond acceptors (Lipinski definition) is 2. The molecule has 3 atom stereocenters. The van der Waals surface area contributed by atoms with Crippen molar-refractivity contribution in [1.82, 2.24) is 0 Å². The summed E-state index contributed by atoms with van der Waals surface area (Å²) in [6.45, 7) is 0. The largest absolute Gasteiger partial charge is 0.508 e. The Morgan fingerprint density at radius 1 is 1.12 bits per heavy atom. The van der Waals surface area contributed by atoms with Gasteiger partial charge in [0.25, 0.3) is 0 Å². The predicted molar refractivity (Wildman–Crippen MR) is 69.1 cm³/mol. The minimum atomic E-state index is 0.296. The maximum absolute atomic E-state index is 9.66. The molecule has 0 spiro atoms. The molecule has 3 rings (SSSR count). The molecule has 2 aliphatic rings. The van der Waals surface area contributed by atoms with Crippen molar-refractivity contribution < 1.29 is 5.11 Å². The van der Waals surface area contributed by atoms with Crippen molar-refractivity contribution in [1.29, 1.82) is 0 Å². The number of nitrogens with two attached hydrogens (primary N) is 1. The van der Waals surface area contributed by atoms with Gasteiger partial charge < -0.3 is 10.8 Å². The predicted octanol–water partition coefficient (Wildman–Crippen LogP) is 2.94. The van der Waals surface area contributed by atoms with Gasteiger partial charge in [0.05, 0.1) is 0 Å². The van der Waals surface area contributed by atoms with Crippen LogP contribution in [-0.4, -0.2) is 11.1 Å². The maximum atomic E-state index is 9.66. The summed E-state index contributed by atoms with van der Waals surface area (Å²) in [5.41, 5.74) is 9.17. The van der Waals surface area contributed by atoms with Crippen LogP contribution in [0.1, 0.15) is 49.1 Å². The van der Waals surface area contributed by atoms with Crippen LogP contribution in [0.4, 0.5) is 0 Å². The van der Waals surface area contributed by atoms with Crippen molar-refractivity contribution in [3.05, 3.63) is 29.3 Å². The second kappa shape index (κ2) is 4.34. The maximum Gasteiger partial charge on any atom is 0.115 e. The lowest BCUT2D eigenvalue weighted by atomic mass is 9.68. The monoisotopic (exact) mass is 231 g/mol. The fraction of sp³-hybridized carbons (Fsp3) is 0.600. The smallest absolute Gasteiger partial charge is 0.115 e. The highest BCUT2D eigenvalue weighted by Crippen LogP contribution is 2.41. The van der Waals surface area contributed by atoms with Gasteiger partial charge in [-0.2, -0.15) is 0 Å². The van der Waals surface area contributed by atoms with Crippen LogP contribution in [0.3, 0.4) is 0 Å². The van der Waals surface area contributed by atoms with Crippen LogP contribution in [0.15, 0.2) is 18.2 Å². The van der Waals surface area contributed by atoms with Gasteiger partial charge in [-0.05, 0) is 54.4 Å². The molecule has 1 fully saturated rings. The van der Waals surface area contributed by atoms with Crippen molar-refractivity contribution in [2.24, 2.45) is 11.7 Å². The van der Waals surface area contributed by atoms with Gasteiger partial charge in [0.15, 0.2) is 0 Å². The first-order chi connectivity index (χ1) is 8.25. The van der Waals surface area contributed by atoms with E-state index in [-0.39, 0.29) is 0 Å². The molecule has 0 radical (unpaired) electrons. The Morgan fingerprint density at radius 2 is 1.94 bits per heavy atom. The molecule has 2 bridgehead atoms. The van der Waals surface area contributed by atoms with Crippen molar-refractivity contribution in [3.63, 3.8) is 0 Å². The zero-order valence-corrected chi connectivity index (χ0v) is 10.2. The summed E-state index contributed by atoms with van der Waals surface area (Å²) in [6, 6.07) is 6.15. The second-order valence-electron chi connectivity index (χ2n) is 5.67. The fourth-order valence-electron chi connectivity index (χ4n) is 3.66. The molecule has 0 aliphatic heterocycles. The van der Waals surface area contributed by atoms with E-state index in [0.717, 1.165) is 6.42 Å². The van der Waals surface area contributed by atoms with Gasteiger partial charge in [0.1, 0.15) is 5.75 Å². The minimum absolute atomic E-state index is 0.296. The van der Waals surface area contributed by atoms with Crippen LogP contribution in [0.2, 0.25) is 0 Å². The van der Waals surface area contributed by atoms with Crippen LogP contribution in [-0.2, 0) is 6.42 Å². The SMILES string of the molecule is NC1[C@H]2CCCCC[C@@H]1c1cc(O)ccc1C2. The molecule has 1 saturated carbocycles. The van der Waals surface area contributed by atoms with E-state index < -0.39 is 0 Å². The number of benzene rings is 1.